The number of carbonyl (C=O) groups is 2. The zero-order valence-electron chi connectivity index (χ0n) is 23.7. The van der Waals surface area contributed by atoms with E-state index in [1.54, 1.807) is 0 Å². The van der Waals surface area contributed by atoms with Crippen LogP contribution in [0.3, 0.4) is 0 Å². The summed E-state index contributed by atoms with van der Waals surface area (Å²) < 4.78 is 20.0. The normalized spacial score (nSPS) is 11.5. The fourth-order valence-electron chi connectivity index (χ4n) is 4.14. The Balaban J connectivity index is 3.58. The molecule has 0 rings (SSSR count). The summed E-state index contributed by atoms with van der Waals surface area (Å²) in [7, 11) is -4.82. The van der Waals surface area contributed by atoms with Crippen LogP contribution in [0, 0.1) is 0 Å². The third-order valence-corrected chi connectivity index (χ3v) is 6.94. The second kappa shape index (κ2) is 26.6. The van der Waals surface area contributed by atoms with Crippen LogP contribution in [-0.2, 0) is 33.3 Å². The van der Waals surface area contributed by atoms with Crippen LogP contribution in [0.15, 0.2) is 0 Å². The summed E-state index contributed by atoms with van der Waals surface area (Å²) in [6.07, 6.45) is 25.5. The molecule has 0 heterocycles. The minimum atomic E-state index is -4.82. The minimum absolute atomic E-state index is 0.0790. The minimum Gasteiger partial charge on any atom is -0.298 e. The van der Waals surface area contributed by atoms with Crippen molar-refractivity contribution >= 4 is 19.8 Å². The quantitative estimate of drug-likeness (QED) is 0.0444. The molecule has 0 radical (unpaired) electrons. The monoisotopic (exact) mass is 550 g/mol. The van der Waals surface area contributed by atoms with Crippen molar-refractivity contribution < 1.29 is 38.2 Å². The third-order valence-electron chi connectivity index (χ3n) is 6.42. The molecule has 1 N–H and O–H groups in total. The highest BCUT2D eigenvalue weighted by Gasteiger charge is 2.28. The molecular formula is C28H55O8P. The van der Waals surface area contributed by atoms with E-state index in [0.717, 1.165) is 38.5 Å². The highest BCUT2D eigenvalue weighted by Crippen LogP contribution is 2.43. The molecule has 0 atom stereocenters. The Morgan fingerprint density at radius 1 is 0.486 bits per heavy atom. The molecule has 0 aromatic rings. The number of hydrogen-bond donors (Lipinski definition) is 1. The molecule has 0 bridgehead atoms. The Morgan fingerprint density at radius 2 is 0.730 bits per heavy atom. The molecule has 0 aliphatic carbocycles. The molecule has 0 aromatic heterocycles. The van der Waals surface area contributed by atoms with Crippen LogP contribution in [0.4, 0.5) is 0 Å². The second-order valence-corrected chi connectivity index (χ2v) is 11.3. The summed E-state index contributed by atoms with van der Waals surface area (Å²) in [5.74, 6) is -1.53. The third kappa shape index (κ3) is 27.9. The smallest absolute Gasteiger partial charge is 0.298 e. The van der Waals surface area contributed by atoms with Crippen molar-refractivity contribution in [3.63, 3.8) is 0 Å². The average molecular weight is 551 g/mol. The molecule has 0 amide bonds. The van der Waals surface area contributed by atoms with Crippen LogP contribution < -0.4 is 0 Å². The number of rotatable bonds is 28. The number of hydrogen-bond acceptors (Lipinski definition) is 7. The van der Waals surface area contributed by atoms with Gasteiger partial charge in [0.05, 0.1) is 0 Å². The van der Waals surface area contributed by atoms with E-state index in [2.05, 4.69) is 33.0 Å². The van der Waals surface area contributed by atoms with E-state index in [4.69, 9.17) is 0 Å². The second-order valence-electron chi connectivity index (χ2n) is 10.1. The molecule has 0 aromatic carbocycles. The van der Waals surface area contributed by atoms with Gasteiger partial charge in [0.25, 0.3) is 0 Å². The molecule has 0 saturated heterocycles. The van der Waals surface area contributed by atoms with Gasteiger partial charge in [0.2, 0.25) is 0 Å². The maximum atomic E-state index is 11.7. The standard InChI is InChI=1S/C28H55O8P/c1-3-5-7-9-11-13-15-17-19-21-23-25-27(29)33-35-37(31,32)36-34-28(30)26-24-22-20-18-16-14-12-10-8-6-4-2/h3-26H2,1-2H3,(H,31,32). The largest absolute Gasteiger partial charge is 0.544 e. The van der Waals surface area contributed by atoms with Gasteiger partial charge in [-0.15, -0.1) is 0 Å². The first kappa shape index (κ1) is 36.0. The summed E-state index contributed by atoms with van der Waals surface area (Å²) in [5.41, 5.74) is 0. The Morgan fingerprint density at radius 3 is 1.00 bits per heavy atom. The highest BCUT2D eigenvalue weighted by atomic mass is 31.2. The van der Waals surface area contributed by atoms with Gasteiger partial charge in [-0.1, -0.05) is 152 Å². The fraction of sp³-hybridized carbons (Fsp3) is 0.929. The van der Waals surface area contributed by atoms with Crippen molar-refractivity contribution in [1.29, 1.82) is 0 Å². The summed E-state index contributed by atoms with van der Waals surface area (Å²) in [5, 5.41) is 0. The topological polar surface area (TPSA) is 108 Å². The molecule has 37 heavy (non-hydrogen) atoms. The van der Waals surface area contributed by atoms with Gasteiger partial charge >= 0.3 is 19.8 Å². The van der Waals surface area contributed by atoms with Crippen LogP contribution >= 0.6 is 7.82 Å². The van der Waals surface area contributed by atoms with Crippen LogP contribution in [0.25, 0.3) is 0 Å². The van der Waals surface area contributed by atoms with E-state index < -0.39 is 19.8 Å². The fourth-order valence-corrected chi connectivity index (χ4v) is 4.52. The lowest BCUT2D eigenvalue weighted by atomic mass is 10.1. The molecule has 0 spiro atoms. The summed E-state index contributed by atoms with van der Waals surface area (Å²) in [6, 6.07) is 0. The van der Waals surface area contributed by atoms with Crippen molar-refractivity contribution in [1.82, 2.24) is 0 Å². The van der Waals surface area contributed by atoms with Crippen molar-refractivity contribution in [2.75, 3.05) is 0 Å². The Bertz CT molecular complexity index is 539. The van der Waals surface area contributed by atoms with Gasteiger partial charge in [0.15, 0.2) is 0 Å². The molecule has 9 heteroatoms. The molecule has 0 aliphatic rings. The average Bonchev–Trinajstić information content (AvgIpc) is 2.88. The van der Waals surface area contributed by atoms with Gasteiger partial charge in [0, 0.05) is 12.8 Å². The molecule has 0 unspecified atom stereocenters. The molecule has 0 fully saturated rings. The zero-order valence-corrected chi connectivity index (χ0v) is 24.6. The number of carbonyl (C=O) groups excluding carboxylic acids is 2. The van der Waals surface area contributed by atoms with Gasteiger partial charge < -0.3 is 0 Å². The van der Waals surface area contributed by atoms with Crippen LogP contribution in [0.1, 0.15) is 168 Å². The van der Waals surface area contributed by atoms with Gasteiger partial charge in [0.1, 0.15) is 0 Å². The van der Waals surface area contributed by atoms with Gasteiger partial charge in [-0.2, -0.15) is 0 Å². The van der Waals surface area contributed by atoms with Crippen LogP contribution in [-0.4, -0.2) is 16.8 Å². The first-order valence-corrected chi connectivity index (χ1v) is 16.5. The lowest BCUT2D eigenvalue weighted by molar-refractivity contribution is -0.260. The summed E-state index contributed by atoms with van der Waals surface area (Å²) in [6.45, 7) is 4.44. The number of phosphoric acid groups is 1. The van der Waals surface area contributed by atoms with Crippen LogP contribution in [0.5, 0.6) is 0 Å². The molecule has 220 valence electrons. The Labute approximate surface area is 226 Å². The van der Waals surface area contributed by atoms with E-state index in [-0.39, 0.29) is 12.8 Å². The van der Waals surface area contributed by atoms with Crippen molar-refractivity contribution in [2.45, 2.75) is 168 Å². The maximum absolute atomic E-state index is 11.7. The SMILES string of the molecule is CCCCCCCCCCCCCC(=O)OOP(=O)(O)OOC(=O)CCCCCCCCCCCCC. The molecular weight excluding hydrogens is 495 g/mol. The zero-order chi connectivity index (χ0) is 27.5. The van der Waals surface area contributed by atoms with Crippen molar-refractivity contribution in [2.24, 2.45) is 0 Å². The first-order valence-electron chi connectivity index (χ1n) is 15.0. The Hall–Kier alpha value is -0.950. The van der Waals surface area contributed by atoms with Crippen molar-refractivity contribution in [3.8, 4) is 0 Å². The molecule has 0 aliphatic heterocycles. The van der Waals surface area contributed by atoms with Crippen LogP contribution in [0.2, 0.25) is 0 Å². The van der Waals surface area contributed by atoms with E-state index in [1.807, 2.05) is 0 Å². The predicted molar refractivity (Wildman–Crippen MR) is 146 cm³/mol. The van der Waals surface area contributed by atoms with E-state index in [1.165, 1.54) is 89.9 Å². The summed E-state index contributed by atoms with van der Waals surface area (Å²) in [4.78, 5) is 41.5. The predicted octanol–water partition coefficient (Wildman–Crippen LogP) is 9.44. The van der Waals surface area contributed by atoms with E-state index in [9.17, 15) is 19.0 Å². The van der Waals surface area contributed by atoms with Gasteiger partial charge in [-0.25, -0.2) is 14.2 Å². The van der Waals surface area contributed by atoms with Crippen molar-refractivity contribution in [3.05, 3.63) is 0 Å². The number of unbranched alkanes of at least 4 members (excludes halogenated alkanes) is 20. The van der Waals surface area contributed by atoms with E-state index in [0.29, 0.717) is 12.8 Å². The lowest BCUT2D eigenvalue weighted by Gasteiger charge is -2.09. The summed E-state index contributed by atoms with van der Waals surface area (Å²) >= 11 is 0. The van der Waals surface area contributed by atoms with Gasteiger partial charge in [-0.3, -0.25) is 14.7 Å². The first-order chi connectivity index (χ1) is 17.9. The van der Waals surface area contributed by atoms with E-state index >= 15 is 0 Å². The highest BCUT2D eigenvalue weighted by molar-refractivity contribution is 7.47. The lowest BCUT2D eigenvalue weighted by Crippen LogP contribution is -2.08. The molecule has 0 saturated carbocycles. The Kier molecular flexibility index (Phi) is 26.0. The maximum Gasteiger partial charge on any atom is 0.544 e. The van der Waals surface area contributed by atoms with Gasteiger partial charge in [-0.05, 0) is 12.8 Å². The molecule has 8 nitrogen and oxygen atoms in total.